The monoisotopic (exact) mass is 896 g/mol. The second-order valence-electron chi connectivity index (χ2n) is 18.7. The van der Waals surface area contributed by atoms with E-state index in [2.05, 4.69) is 50.4 Å². The summed E-state index contributed by atoms with van der Waals surface area (Å²) in [6.07, 6.45) is 64.2. The van der Waals surface area contributed by atoms with Gasteiger partial charge < -0.3 is 20.3 Å². The lowest BCUT2D eigenvalue weighted by atomic mass is 10.0. The van der Waals surface area contributed by atoms with Crippen LogP contribution in [0.3, 0.4) is 0 Å². The van der Waals surface area contributed by atoms with Crippen LogP contribution >= 0.6 is 0 Å². The molecular weight excluding hydrogens is 791 g/mol. The Morgan fingerprint density at radius 3 is 1.27 bits per heavy atom. The second-order valence-corrected chi connectivity index (χ2v) is 18.7. The summed E-state index contributed by atoms with van der Waals surface area (Å²) in [5, 5.41) is 23.9. The molecule has 0 aliphatic carbocycles. The van der Waals surface area contributed by atoms with Gasteiger partial charge in [0.1, 0.15) is 6.10 Å². The Labute approximate surface area is 397 Å². The van der Waals surface area contributed by atoms with E-state index in [4.69, 9.17) is 4.74 Å². The summed E-state index contributed by atoms with van der Waals surface area (Å²) in [7, 11) is 0. The second kappa shape index (κ2) is 51.5. The van der Waals surface area contributed by atoms with Crippen LogP contribution in [-0.2, 0) is 14.3 Å². The van der Waals surface area contributed by atoms with E-state index in [1.165, 1.54) is 154 Å². The third-order valence-electron chi connectivity index (χ3n) is 12.5. The molecule has 0 aliphatic heterocycles. The molecule has 3 atom stereocenters. The molecule has 0 saturated carbocycles. The molecule has 0 heterocycles. The maximum Gasteiger partial charge on any atom is 0.306 e. The van der Waals surface area contributed by atoms with Crippen LogP contribution in [-0.4, -0.2) is 46.9 Å². The van der Waals surface area contributed by atoms with Crippen LogP contribution in [0.1, 0.15) is 271 Å². The number of aliphatic hydroxyl groups excluding tert-OH is 2. The van der Waals surface area contributed by atoms with Crippen LogP contribution in [0.25, 0.3) is 0 Å². The van der Waals surface area contributed by atoms with Gasteiger partial charge in [-0.2, -0.15) is 0 Å². The molecule has 6 heteroatoms. The van der Waals surface area contributed by atoms with Gasteiger partial charge in [-0.1, -0.05) is 274 Å². The fourth-order valence-electron chi connectivity index (χ4n) is 8.34. The van der Waals surface area contributed by atoms with Gasteiger partial charge in [0.25, 0.3) is 0 Å². The highest BCUT2D eigenvalue weighted by Crippen LogP contribution is 2.18. The third-order valence-corrected chi connectivity index (χ3v) is 12.5. The van der Waals surface area contributed by atoms with Crippen LogP contribution in [0.2, 0.25) is 0 Å². The minimum absolute atomic E-state index is 0.0617. The molecule has 0 radical (unpaired) electrons. The number of aliphatic hydroxyl groups is 2. The third kappa shape index (κ3) is 46.1. The number of carbonyl (C=O) groups excluding carboxylic acids is 2. The predicted molar refractivity (Wildman–Crippen MR) is 278 cm³/mol. The van der Waals surface area contributed by atoms with Crippen LogP contribution in [0, 0.1) is 0 Å². The fraction of sp³-hybridized carbons (Fsp3) is 0.793. The van der Waals surface area contributed by atoms with Gasteiger partial charge in [0.15, 0.2) is 0 Å². The first kappa shape index (κ1) is 61.6. The van der Waals surface area contributed by atoms with Crippen molar-refractivity contribution >= 4 is 11.9 Å². The van der Waals surface area contributed by atoms with E-state index in [0.717, 1.165) is 70.6 Å². The summed E-state index contributed by atoms with van der Waals surface area (Å²) < 4.78 is 5.93. The van der Waals surface area contributed by atoms with Gasteiger partial charge in [0.2, 0.25) is 5.91 Å². The molecule has 0 bridgehead atoms. The number of nitrogens with one attached hydrogen (secondary N) is 1. The Balaban J connectivity index is 4.60. The summed E-state index contributed by atoms with van der Waals surface area (Å²) in [4.78, 5) is 26.2. The number of amides is 1. The molecule has 3 unspecified atom stereocenters. The van der Waals surface area contributed by atoms with Crippen molar-refractivity contribution in [1.82, 2.24) is 5.32 Å². The number of hydrogen-bond donors (Lipinski definition) is 3. The maximum absolute atomic E-state index is 13.2. The number of ether oxygens (including phenoxy) is 1. The smallest absolute Gasteiger partial charge is 0.306 e. The normalized spacial score (nSPS) is 13.6. The zero-order valence-corrected chi connectivity index (χ0v) is 42.4. The molecule has 0 saturated heterocycles. The van der Waals surface area contributed by atoms with Crippen molar-refractivity contribution in [3.05, 3.63) is 60.8 Å². The van der Waals surface area contributed by atoms with Crippen LogP contribution in [0.5, 0.6) is 0 Å². The van der Waals surface area contributed by atoms with Crippen LogP contribution in [0.15, 0.2) is 60.8 Å². The summed E-state index contributed by atoms with van der Waals surface area (Å²) in [5.41, 5.74) is 0. The van der Waals surface area contributed by atoms with Gasteiger partial charge in [0, 0.05) is 6.42 Å². The molecular formula is C58H105NO5. The standard InChI is InChI=1S/C58H105NO5/c1-4-7-10-13-16-19-22-25-28-30-32-35-38-41-44-47-50-56(61)55(53-60)59-57(62)52-54(49-46-43-40-37-34-31-27-24-21-18-15-12-9-6-3)64-58(63)51-48-45-42-39-36-33-29-26-23-20-17-14-11-8-5-2/h8,11,14,17,20,23,26,29,33,36,54-56,60-61H,4-7,9-10,12-13,15-16,18-19,21-22,24-25,27-28,30-32,34-35,37-53H2,1-3H3,(H,59,62)/b11-8+,17-14+,23-20-,29-26-,36-33+. The van der Waals surface area contributed by atoms with Gasteiger partial charge in [-0.25, -0.2) is 0 Å². The number of allylic oxidation sites excluding steroid dienone is 10. The predicted octanol–water partition coefficient (Wildman–Crippen LogP) is 16.8. The van der Waals surface area contributed by atoms with E-state index in [9.17, 15) is 19.8 Å². The highest BCUT2D eigenvalue weighted by atomic mass is 16.5. The van der Waals surface area contributed by atoms with E-state index >= 15 is 0 Å². The SMILES string of the molecule is CC/C=C/C=C/C=C\C=C/C=C/CCCCCC(=O)OC(CCCCCCCCCCCCCCCC)CC(=O)NC(CO)C(O)CCCCCCCCCCCCCCCCCC. The minimum Gasteiger partial charge on any atom is -0.462 e. The van der Waals surface area contributed by atoms with Crippen molar-refractivity contribution < 1.29 is 24.5 Å². The van der Waals surface area contributed by atoms with Crippen molar-refractivity contribution in [3.63, 3.8) is 0 Å². The van der Waals surface area contributed by atoms with Crippen LogP contribution < -0.4 is 5.32 Å². The van der Waals surface area contributed by atoms with Crippen LogP contribution in [0.4, 0.5) is 0 Å². The van der Waals surface area contributed by atoms with E-state index < -0.39 is 18.2 Å². The molecule has 6 nitrogen and oxygen atoms in total. The van der Waals surface area contributed by atoms with Crippen molar-refractivity contribution in [2.75, 3.05) is 6.61 Å². The highest BCUT2D eigenvalue weighted by molar-refractivity contribution is 5.77. The minimum atomic E-state index is -0.796. The molecule has 0 aliphatic rings. The molecule has 372 valence electrons. The van der Waals surface area contributed by atoms with Crippen molar-refractivity contribution in [3.8, 4) is 0 Å². The Bertz CT molecular complexity index is 1140. The number of carbonyl (C=O) groups is 2. The Hall–Kier alpha value is -2.44. The number of hydrogen-bond acceptors (Lipinski definition) is 5. The quantitative estimate of drug-likeness (QED) is 0.0321. The maximum atomic E-state index is 13.2. The number of rotatable bonds is 49. The molecule has 3 N–H and O–H groups in total. The van der Waals surface area contributed by atoms with E-state index in [-0.39, 0.29) is 24.9 Å². The number of unbranched alkanes of at least 4 members (excludes halogenated alkanes) is 31. The number of esters is 1. The Kier molecular flexibility index (Phi) is 49.6. The lowest BCUT2D eigenvalue weighted by molar-refractivity contribution is -0.151. The van der Waals surface area contributed by atoms with Gasteiger partial charge in [-0.15, -0.1) is 0 Å². The summed E-state index contributed by atoms with van der Waals surface area (Å²) in [6.45, 7) is 6.36. The van der Waals surface area contributed by atoms with E-state index in [0.29, 0.717) is 19.3 Å². The van der Waals surface area contributed by atoms with E-state index in [1.807, 2.05) is 36.5 Å². The van der Waals surface area contributed by atoms with Gasteiger partial charge >= 0.3 is 5.97 Å². The largest absolute Gasteiger partial charge is 0.462 e. The van der Waals surface area contributed by atoms with Gasteiger partial charge in [-0.05, 0) is 44.9 Å². The molecule has 0 rings (SSSR count). The molecule has 0 aromatic rings. The first-order valence-electron chi connectivity index (χ1n) is 27.6. The molecule has 0 spiro atoms. The first-order valence-corrected chi connectivity index (χ1v) is 27.6. The summed E-state index contributed by atoms with van der Waals surface area (Å²) in [5.74, 6) is -0.514. The molecule has 0 aromatic heterocycles. The molecule has 0 fully saturated rings. The fourth-order valence-corrected chi connectivity index (χ4v) is 8.34. The highest BCUT2D eigenvalue weighted by Gasteiger charge is 2.24. The van der Waals surface area contributed by atoms with Crippen molar-refractivity contribution in [2.45, 2.75) is 289 Å². The first-order chi connectivity index (χ1) is 31.5. The average molecular weight is 896 g/mol. The zero-order valence-electron chi connectivity index (χ0n) is 42.4. The zero-order chi connectivity index (χ0) is 46.7. The summed E-state index contributed by atoms with van der Waals surface area (Å²) >= 11 is 0. The van der Waals surface area contributed by atoms with Crippen molar-refractivity contribution in [2.24, 2.45) is 0 Å². The lowest BCUT2D eigenvalue weighted by Crippen LogP contribution is -2.46. The topological polar surface area (TPSA) is 95.9 Å². The van der Waals surface area contributed by atoms with Gasteiger partial charge in [-0.3, -0.25) is 9.59 Å². The lowest BCUT2D eigenvalue weighted by Gasteiger charge is -2.24. The molecule has 0 aromatic carbocycles. The molecule has 1 amide bonds. The average Bonchev–Trinajstić information content (AvgIpc) is 3.29. The summed E-state index contributed by atoms with van der Waals surface area (Å²) in [6, 6.07) is -0.711. The van der Waals surface area contributed by atoms with E-state index in [1.54, 1.807) is 0 Å². The molecule has 64 heavy (non-hydrogen) atoms. The van der Waals surface area contributed by atoms with Crippen molar-refractivity contribution in [1.29, 1.82) is 0 Å². The Morgan fingerprint density at radius 1 is 0.469 bits per heavy atom. The Morgan fingerprint density at radius 2 is 0.844 bits per heavy atom. The van der Waals surface area contributed by atoms with Gasteiger partial charge in [0.05, 0.1) is 25.2 Å².